The molecule has 4 heteroatoms. The average molecular weight is 295 g/mol. The first-order valence-corrected chi connectivity index (χ1v) is 6.34. The first kappa shape index (κ1) is 12.6. The summed E-state index contributed by atoms with van der Waals surface area (Å²) in [5, 5.41) is 12.6. The summed E-state index contributed by atoms with van der Waals surface area (Å²) in [7, 11) is 1.89. The van der Waals surface area contributed by atoms with Gasteiger partial charge < -0.3 is 10.1 Å². The summed E-state index contributed by atoms with van der Waals surface area (Å²) in [6.07, 6.45) is 0. The molecule has 0 aromatic heterocycles. The predicted molar refractivity (Wildman–Crippen MR) is 69.5 cm³/mol. The highest BCUT2D eigenvalue weighted by atomic mass is 79.9. The van der Waals surface area contributed by atoms with E-state index in [0.717, 1.165) is 10.0 Å². The molecule has 1 aromatic rings. The van der Waals surface area contributed by atoms with Gasteiger partial charge in [0.05, 0.1) is 25.3 Å². The minimum absolute atomic E-state index is 0.0127. The van der Waals surface area contributed by atoms with E-state index in [1.54, 1.807) is 0 Å². The molecule has 0 spiro atoms. The Labute approximate surface area is 110 Å². The van der Waals surface area contributed by atoms with Crippen molar-refractivity contribution >= 4 is 15.9 Å². The molecule has 1 saturated heterocycles. The average Bonchev–Trinajstić information content (AvgIpc) is 2.27. The van der Waals surface area contributed by atoms with E-state index >= 15 is 0 Å². The Hall–Kier alpha value is -0.890. The van der Waals surface area contributed by atoms with E-state index in [1.165, 1.54) is 5.56 Å². The summed E-state index contributed by atoms with van der Waals surface area (Å²) < 4.78 is 6.26. The van der Waals surface area contributed by atoms with Gasteiger partial charge in [0.15, 0.2) is 0 Å². The molecule has 1 atom stereocenters. The normalized spacial score (nSPS) is 19.2. The van der Waals surface area contributed by atoms with E-state index in [1.807, 2.05) is 13.1 Å². The first-order chi connectivity index (χ1) is 8.13. The molecule has 1 fully saturated rings. The number of nitriles is 1. The van der Waals surface area contributed by atoms with Crippen LogP contribution in [-0.2, 0) is 4.74 Å². The van der Waals surface area contributed by atoms with Gasteiger partial charge in [-0.3, -0.25) is 0 Å². The highest BCUT2D eigenvalue weighted by Crippen LogP contribution is 2.41. The molecule has 0 bridgehead atoms. The van der Waals surface area contributed by atoms with E-state index < -0.39 is 5.41 Å². The molecule has 3 nitrogen and oxygen atoms in total. The lowest BCUT2D eigenvalue weighted by atomic mass is 9.75. The summed E-state index contributed by atoms with van der Waals surface area (Å²) in [5.41, 5.74) is 1.92. The van der Waals surface area contributed by atoms with Gasteiger partial charge in [-0.05, 0) is 37.2 Å². The monoisotopic (exact) mass is 294 g/mol. The number of halogens is 1. The molecule has 1 aliphatic rings. The highest BCUT2D eigenvalue weighted by Gasteiger charge is 2.46. The molecule has 1 unspecified atom stereocenters. The molecule has 1 N–H and O–H groups in total. The second-order valence-electron chi connectivity index (χ2n) is 4.48. The van der Waals surface area contributed by atoms with Crippen LogP contribution in [0.4, 0.5) is 0 Å². The van der Waals surface area contributed by atoms with Gasteiger partial charge in [-0.25, -0.2) is 0 Å². The summed E-state index contributed by atoms with van der Waals surface area (Å²) in [6.45, 7) is 3.07. The van der Waals surface area contributed by atoms with Crippen LogP contribution in [0.2, 0.25) is 0 Å². The number of rotatable bonds is 3. The number of hydrogen-bond donors (Lipinski definition) is 1. The summed E-state index contributed by atoms with van der Waals surface area (Å²) >= 11 is 3.48. The Morgan fingerprint density at radius 1 is 1.53 bits per heavy atom. The van der Waals surface area contributed by atoms with Crippen LogP contribution in [0.3, 0.4) is 0 Å². The van der Waals surface area contributed by atoms with Crippen LogP contribution in [0, 0.1) is 23.7 Å². The van der Waals surface area contributed by atoms with Gasteiger partial charge in [-0.2, -0.15) is 5.26 Å². The lowest BCUT2D eigenvalue weighted by Crippen LogP contribution is -2.50. The van der Waals surface area contributed by atoms with Crippen LogP contribution in [-0.4, -0.2) is 20.3 Å². The van der Waals surface area contributed by atoms with Gasteiger partial charge in [-0.15, -0.1) is 0 Å². The van der Waals surface area contributed by atoms with Gasteiger partial charge in [0.2, 0.25) is 0 Å². The Morgan fingerprint density at radius 2 is 2.24 bits per heavy atom. The molecule has 0 aliphatic carbocycles. The molecule has 0 amide bonds. The molecule has 1 aliphatic heterocycles. The maximum atomic E-state index is 9.38. The number of hydrogen-bond acceptors (Lipinski definition) is 3. The second kappa shape index (κ2) is 4.77. The van der Waals surface area contributed by atoms with Crippen LogP contribution in [0.1, 0.15) is 17.2 Å². The minimum Gasteiger partial charge on any atom is -0.378 e. The van der Waals surface area contributed by atoms with Crippen LogP contribution >= 0.6 is 15.9 Å². The van der Waals surface area contributed by atoms with Crippen molar-refractivity contribution in [2.24, 2.45) is 5.41 Å². The van der Waals surface area contributed by atoms with Crippen LogP contribution < -0.4 is 5.32 Å². The highest BCUT2D eigenvalue weighted by molar-refractivity contribution is 9.10. The van der Waals surface area contributed by atoms with Crippen molar-refractivity contribution in [1.82, 2.24) is 5.32 Å². The fraction of sp³-hybridized carbons (Fsp3) is 0.462. The number of nitrogens with zero attached hydrogens (tertiary/aromatic N) is 1. The number of ether oxygens (including phenoxy) is 1. The summed E-state index contributed by atoms with van der Waals surface area (Å²) in [4.78, 5) is 0. The molecule has 17 heavy (non-hydrogen) atoms. The van der Waals surface area contributed by atoms with Crippen LogP contribution in [0.15, 0.2) is 22.7 Å². The van der Waals surface area contributed by atoms with Crippen molar-refractivity contribution in [3.05, 3.63) is 33.8 Å². The molecule has 1 heterocycles. The number of nitrogens with one attached hydrogen (secondary N) is 1. The fourth-order valence-corrected chi connectivity index (χ4v) is 2.65. The van der Waals surface area contributed by atoms with E-state index in [2.05, 4.69) is 46.4 Å². The fourth-order valence-electron chi connectivity index (χ4n) is 2.27. The Balaban J connectivity index is 2.42. The zero-order chi connectivity index (χ0) is 12.5. The predicted octanol–water partition coefficient (Wildman–Crippen LogP) is 2.56. The smallest absolute Gasteiger partial charge is 0.123 e. The maximum Gasteiger partial charge on any atom is 0.123 e. The molecule has 1 aromatic carbocycles. The van der Waals surface area contributed by atoms with Crippen molar-refractivity contribution in [3.63, 3.8) is 0 Å². The third-order valence-electron chi connectivity index (χ3n) is 3.34. The molecule has 90 valence electrons. The molecule has 2 rings (SSSR count). The quantitative estimate of drug-likeness (QED) is 0.932. The van der Waals surface area contributed by atoms with Crippen molar-refractivity contribution in [1.29, 1.82) is 5.26 Å². The Kier molecular flexibility index (Phi) is 3.53. The standard InChI is InChI=1S/C13H15BrN2O/c1-9-3-4-10(14)5-11(9)12(16-2)13(6-15)7-17-8-13/h3-5,12,16H,7-8H2,1-2H3. The van der Waals surface area contributed by atoms with Crippen LogP contribution in [0.25, 0.3) is 0 Å². The van der Waals surface area contributed by atoms with Gasteiger partial charge in [0.25, 0.3) is 0 Å². The van der Waals surface area contributed by atoms with E-state index in [9.17, 15) is 5.26 Å². The minimum atomic E-state index is -0.430. The second-order valence-corrected chi connectivity index (χ2v) is 5.40. The third-order valence-corrected chi connectivity index (χ3v) is 3.83. The topological polar surface area (TPSA) is 45.0 Å². The lowest BCUT2D eigenvalue weighted by Gasteiger charge is -2.42. The van der Waals surface area contributed by atoms with Crippen molar-refractivity contribution in [2.75, 3.05) is 20.3 Å². The van der Waals surface area contributed by atoms with Crippen LogP contribution in [0.5, 0.6) is 0 Å². The molecular formula is C13H15BrN2O. The molecule has 0 saturated carbocycles. The maximum absolute atomic E-state index is 9.38. The molecular weight excluding hydrogens is 280 g/mol. The van der Waals surface area contributed by atoms with Crippen molar-refractivity contribution < 1.29 is 4.74 Å². The van der Waals surface area contributed by atoms with Crippen molar-refractivity contribution in [3.8, 4) is 6.07 Å². The van der Waals surface area contributed by atoms with Gasteiger partial charge >= 0.3 is 0 Å². The van der Waals surface area contributed by atoms with E-state index in [4.69, 9.17) is 4.74 Å². The summed E-state index contributed by atoms with van der Waals surface area (Å²) in [5.74, 6) is 0. The zero-order valence-corrected chi connectivity index (χ0v) is 11.5. The third kappa shape index (κ3) is 2.11. The number of aryl methyl sites for hydroxylation is 1. The largest absolute Gasteiger partial charge is 0.378 e. The number of benzene rings is 1. The van der Waals surface area contributed by atoms with Gasteiger partial charge in [-0.1, -0.05) is 22.0 Å². The Morgan fingerprint density at radius 3 is 2.71 bits per heavy atom. The van der Waals surface area contributed by atoms with Gasteiger partial charge in [0.1, 0.15) is 5.41 Å². The molecule has 0 radical (unpaired) electrons. The SMILES string of the molecule is CNC(c1cc(Br)ccc1C)C1(C#N)COC1. The van der Waals surface area contributed by atoms with Gasteiger partial charge in [0, 0.05) is 4.47 Å². The Bertz CT molecular complexity index is 463. The lowest BCUT2D eigenvalue weighted by molar-refractivity contribution is -0.0964. The summed E-state index contributed by atoms with van der Waals surface area (Å²) in [6, 6.07) is 8.58. The van der Waals surface area contributed by atoms with E-state index in [0.29, 0.717) is 13.2 Å². The van der Waals surface area contributed by atoms with Crippen molar-refractivity contribution in [2.45, 2.75) is 13.0 Å². The van der Waals surface area contributed by atoms with E-state index in [-0.39, 0.29) is 6.04 Å². The first-order valence-electron chi connectivity index (χ1n) is 5.55. The zero-order valence-electron chi connectivity index (χ0n) is 9.96.